The van der Waals surface area contributed by atoms with Gasteiger partial charge in [0.05, 0.1) is 12.6 Å². The van der Waals surface area contributed by atoms with Crippen LogP contribution in [-0.2, 0) is 4.79 Å². The second-order valence-electron chi connectivity index (χ2n) is 8.71. The molecule has 8 heteroatoms. The van der Waals surface area contributed by atoms with Crippen LogP contribution in [-0.4, -0.2) is 79.1 Å². The van der Waals surface area contributed by atoms with E-state index in [2.05, 4.69) is 10.2 Å². The van der Waals surface area contributed by atoms with Gasteiger partial charge in [-0.05, 0) is 42.7 Å². The molecule has 1 atom stereocenters. The lowest BCUT2D eigenvalue weighted by Crippen LogP contribution is -2.52. The van der Waals surface area contributed by atoms with Crippen LogP contribution in [0.5, 0.6) is 11.5 Å². The zero-order valence-corrected chi connectivity index (χ0v) is 18.7. The van der Waals surface area contributed by atoms with Crippen molar-refractivity contribution >= 4 is 17.6 Å². The molecule has 3 aliphatic rings. The Labute approximate surface area is 194 Å². The minimum Gasteiger partial charge on any atom is -0.486 e. The normalized spacial score (nSPS) is 20.5. The zero-order valence-electron chi connectivity index (χ0n) is 18.7. The van der Waals surface area contributed by atoms with Crippen molar-refractivity contribution in [2.45, 2.75) is 18.9 Å². The summed E-state index contributed by atoms with van der Waals surface area (Å²) in [5.74, 6) is 1.69. The number of nitrogens with zero attached hydrogens (tertiary/aromatic N) is 3. The quantitative estimate of drug-likeness (QED) is 0.775. The summed E-state index contributed by atoms with van der Waals surface area (Å²) in [4.78, 5) is 31.6. The van der Waals surface area contributed by atoms with Crippen LogP contribution in [0.1, 0.15) is 24.4 Å². The number of likely N-dealkylation sites (tertiary alicyclic amines) is 1. The van der Waals surface area contributed by atoms with E-state index in [9.17, 15) is 9.59 Å². The lowest BCUT2D eigenvalue weighted by Gasteiger charge is -2.35. The van der Waals surface area contributed by atoms with Gasteiger partial charge < -0.3 is 24.6 Å². The summed E-state index contributed by atoms with van der Waals surface area (Å²) in [5, 5.41) is 2.93. The van der Waals surface area contributed by atoms with Crippen molar-refractivity contribution in [2.24, 2.45) is 0 Å². The molecule has 5 rings (SSSR count). The number of ether oxygens (including phenoxy) is 2. The number of urea groups is 1. The van der Waals surface area contributed by atoms with Gasteiger partial charge in [0.2, 0.25) is 5.91 Å². The smallest absolute Gasteiger partial charge is 0.321 e. The number of carbonyl (C=O) groups excluding carboxylic acids is 2. The number of hydrogen-bond acceptors (Lipinski definition) is 5. The highest BCUT2D eigenvalue weighted by Crippen LogP contribution is 2.38. The number of hydrogen-bond donors (Lipinski definition) is 1. The molecule has 0 aromatic heterocycles. The number of fused-ring (bicyclic) bond motifs is 1. The van der Waals surface area contributed by atoms with E-state index < -0.39 is 0 Å². The van der Waals surface area contributed by atoms with Gasteiger partial charge in [0.1, 0.15) is 13.2 Å². The number of benzene rings is 2. The lowest BCUT2D eigenvalue weighted by atomic mass is 10.0. The molecule has 0 aliphatic carbocycles. The molecule has 2 aromatic carbocycles. The van der Waals surface area contributed by atoms with E-state index >= 15 is 0 Å². The van der Waals surface area contributed by atoms with E-state index in [1.165, 1.54) is 0 Å². The Kier molecular flexibility index (Phi) is 6.35. The molecule has 3 aliphatic heterocycles. The van der Waals surface area contributed by atoms with E-state index in [0.717, 1.165) is 42.1 Å². The number of anilines is 1. The summed E-state index contributed by atoms with van der Waals surface area (Å²) in [7, 11) is 0. The molecule has 2 saturated heterocycles. The maximum atomic E-state index is 13.2. The molecule has 33 heavy (non-hydrogen) atoms. The van der Waals surface area contributed by atoms with Crippen LogP contribution in [0, 0.1) is 0 Å². The molecule has 2 aromatic rings. The third kappa shape index (κ3) is 4.90. The molecule has 0 bridgehead atoms. The predicted octanol–water partition coefficient (Wildman–Crippen LogP) is 2.97. The Morgan fingerprint density at radius 2 is 1.67 bits per heavy atom. The fourth-order valence-electron chi connectivity index (χ4n) is 4.79. The zero-order chi connectivity index (χ0) is 22.6. The highest BCUT2D eigenvalue weighted by atomic mass is 16.6. The molecule has 8 nitrogen and oxygen atoms in total. The van der Waals surface area contributed by atoms with Gasteiger partial charge in [-0.1, -0.05) is 24.3 Å². The van der Waals surface area contributed by atoms with Crippen molar-refractivity contribution in [2.75, 3.05) is 57.8 Å². The standard InChI is InChI=1S/C25H30N4O4/c30-24(18-27-11-13-28(14-12-27)25(31)26-20-5-2-1-3-6-20)29-10-4-7-21(29)19-8-9-22-23(17-19)33-16-15-32-22/h1-3,5-6,8-9,17,21H,4,7,10-16,18H2,(H,26,31). The third-order valence-electron chi connectivity index (χ3n) is 6.57. The Bertz CT molecular complexity index is 991. The summed E-state index contributed by atoms with van der Waals surface area (Å²) in [6.45, 7) is 4.88. The highest BCUT2D eigenvalue weighted by molar-refractivity contribution is 5.89. The van der Waals surface area contributed by atoms with Crippen molar-refractivity contribution in [3.05, 3.63) is 54.1 Å². The lowest BCUT2D eigenvalue weighted by molar-refractivity contribution is -0.133. The summed E-state index contributed by atoms with van der Waals surface area (Å²) in [6, 6.07) is 15.5. The molecule has 0 saturated carbocycles. The van der Waals surface area contributed by atoms with Crippen molar-refractivity contribution in [3.8, 4) is 11.5 Å². The fourth-order valence-corrected chi connectivity index (χ4v) is 4.79. The van der Waals surface area contributed by atoms with E-state index in [1.807, 2.05) is 58.3 Å². The fraction of sp³-hybridized carbons (Fsp3) is 0.440. The average molecular weight is 451 g/mol. The van der Waals surface area contributed by atoms with Crippen molar-refractivity contribution in [1.29, 1.82) is 0 Å². The van der Waals surface area contributed by atoms with Gasteiger partial charge in [-0.3, -0.25) is 9.69 Å². The van der Waals surface area contributed by atoms with Crippen LogP contribution in [0.15, 0.2) is 48.5 Å². The highest BCUT2D eigenvalue weighted by Gasteiger charge is 2.32. The minimum absolute atomic E-state index is 0.0752. The van der Waals surface area contributed by atoms with Crippen molar-refractivity contribution in [3.63, 3.8) is 0 Å². The van der Waals surface area contributed by atoms with Gasteiger partial charge in [0.25, 0.3) is 0 Å². The summed E-state index contributed by atoms with van der Waals surface area (Å²) in [5.41, 5.74) is 1.90. The van der Waals surface area contributed by atoms with Gasteiger partial charge in [0, 0.05) is 38.4 Å². The second kappa shape index (κ2) is 9.70. The average Bonchev–Trinajstić information content (AvgIpc) is 3.35. The first-order valence-corrected chi connectivity index (χ1v) is 11.7. The molecule has 1 N–H and O–H groups in total. The van der Waals surface area contributed by atoms with Crippen LogP contribution in [0.2, 0.25) is 0 Å². The summed E-state index contributed by atoms with van der Waals surface area (Å²) >= 11 is 0. The van der Waals surface area contributed by atoms with Gasteiger partial charge >= 0.3 is 6.03 Å². The maximum Gasteiger partial charge on any atom is 0.321 e. The number of nitrogens with one attached hydrogen (secondary N) is 1. The molecule has 3 heterocycles. The topological polar surface area (TPSA) is 74.4 Å². The molecule has 174 valence electrons. The largest absolute Gasteiger partial charge is 0.486 e. The molecule has 2 fully saturated rings. The number of carbonyl (C=O) groups is 2. The Morgan fingerprint density at radius 3 is 2.45 bits per heavy atom. The monoisotopic (exact) mass is 450 g/mol. The number of piperazine rings is 1. The van der Waals surface area contributed by atoms with Crippen LogP contribution in [0.25, 0.3) is 0 Å². The third-order valence-corrected chi connectivity index (χ3v) is 6.57. The van der Waals surface area contributed by atoms with Crippen LogP contribution in [0.3, 0.4) is 0 Å². The Balaban J connectivity index is 1.14. The SMILES string of the molecule is O=C(Nc1ccccc1)N1CCN(CC(=O)N2CCCC2c2ccc3c(c2)OCCO3)CC1. The van der Waals surface area contributed by atoms with E-state index in [4.69, 9.17) is 9.47 Å². The Morgan fingerprint density at radius 1 is 0.909 bits per heavy atom. The first kappa shape index (κ1) is 21.6. The second-order valence-corrected chi connectivity index (χ2v) is 8.71. The first-order valence-electron chi connectivity index (χ1n) is 11.7. The van der Waals surface area contributed by atoms with Crippen LogP contribution >= 0.6 is 0 Å². The molecular formula is C25H30N4O4. The van der Waals surface area contributed by atoms with Crippen LogP contribution in [0.4, 0.5) is 10.5 Å². The number of rotatable bonds is 4. The molecule has 3 amide bonds. The predicted molar refractivity (Wildman–Crippen MR) is 125 cm³/mol. The van der Waals surface area contributed by atoms with Gasteiger partial charge in [-0.15, -0.1) is 0 Å². The molecule has 0 spiro atoms. The van der Waals surface area contributed by atoms with Crippen LogP contribution < -0.4 is 14.8 Å². The van der Waals surface area contributed by atoms with Gasteiger partial charge in [0.15, 0.2) is 11.5 Å². The molecular weight excluding hydrogens is 420 g/mol. The van der Waals surface area contributed by atoms with Gasteiger partial charge in [-0.2, -0.15) is 0 Å². The first-order chi connectivity index (χ1) is 16.2. The van der Waals surface area contributed by atoms with E-state index in [0.29, 0.717) is 45.9 Å². The minimum atomic E-state index is -0.0922. The Hall–Kier alpha value is -3.26. The molecule has 1 unspecified atom stereocenters. The van der Waals surface area contributed by atoms with E-state index in [-0.39, 0.29) is 18.0 Å². The van der Waals surface area contributed by atoms with Crippen molar-refractivity contribution in [1.82, 2.24) is 14.7 Å². The molecule has 0 radical (unpaired) electrons. The number of para-hydroxylation sites is 1. The maximum absolute atomic E-state index is 13.2. The number of amides is 3. The van der Waals surface area contributed by atoms with Gasteiger partial charge in [-0.25, -0.2) is 4.79 Å². The summed E-state index contributed by atoms with van der Waals surface area (Å²) in [6.07, 6.45) is 1.96. The van der Waals surface area contributed by atoms with E-state index in [1.54, 1.807) is 0 Å². The van der Waals surface area contributed by atoms with Crippen molar-refractivity contribution < 1.29 is 19.1 Å². The summed E-state index contributed by atoms with van der Waals surface area (Å²) < 4.78 is 11.4.